The molecule has 1 heterocycles. The summed E-state index contributed by atoms with van der Waals surface area (Å²) < 4.78 is 2.38. The van der Waals surface area contributed by atoms with Crippen molar-refractivity contribution in [3.63, 3.8) is 0 Å². The lowest BCUT2D eigenvalue weighted by molar-refractivity contribution is 0.101. The lowest BCUT2D eigenvalue weighted by atomic mass is 10.2. The fraction of sp³-hybridized carbons (Fsp3) is 0.286. The van der Waals surface area contributed by atoms with Gasteiger partial charge in [0.2, 0.25) is 0 Å². The first-order valence-electron chi connectivity index (χ1n) is 6.22. The van der Waals surface area contributed by atoms with E-state index in [9.17, 15) is 4.79 Å². The molecule has 0 bridgehead atoms. The number of hydrogen-bond donors (Lipinski definition) is 1. The second kappa shape index (κ2) is 5.97. The topological polar surface area (TPSA) is 46.9 Å². The highest BCUT2D eigenvalue weighted by Crippen LogP contribution is 2.29. The van der Waals surface area contributed by atoms with E-state index in [0.717, 1.165) is 22.2 Å². The molecule has 0 atom stereocenters. The van der Waals surface area contributed by atoms with Crippen LogP contribution >= 0.6 is 27.5 Å². The first-order valence-corrected chi connectivity index (χ1v) is 7.39. The molecule has 1 N–H and O–H groups in total. The molecule has 0 radical (unpaired) electrons. The number of amides is 1. The summed E-state index contributed by atoms with van der Waals surface area (Å²) >= 11 is 9.51. The number of carbonyl (C=O) groups is 1. The highest BCUT2D eigenvalue weighted by molar-refractivity contribution is 9.10. The van der Waals surface area contributed by atoms with Crippen LogP contribution in [0.25, 0.3) is 0 Å². The Morgan fingerprint density at radius 1 is 1.45 bits per heavy atom. The van der Waals surface area contributed by atoms with E-state index in [1.165, 1.54) is 0 Å². The predicted molar refractivity (Wildman–Crippen MR) is 84.4 cm³/mol. The number of carbonyl (C=O) groups excluding carboxylic acids is 1. The molecule has 0 saturated heterocycles. The van der Waals surface area contributed by atoms with Gasteiger partial charge in [-0.2, -0.15) is 5.10 Å². The van der Waals surface area contributed by atoms with Crippen molar-refractivity contribution in [1.82, 2.24) is 9.78 Å². The number of halogens is 2. The van der Waals surface area contributed by atoms with Crippen LogP contribution < -0.4 is 5.32 Å². The Balaban J connectivity index is 2.27. The second-order valence-electron chi connectivity index (χ2n) is 4.53. The van der Waals surface area contributed by atoms with E-state index in [1.807, 2.05) is 19.9 Å². The van der Waals surface area contributed by atoms with Crippen LogP contribution in [-0.2, 0) is 13.5 Å². The maximum atomic E-state index is 12.3. The van der Waals surface area contributed by atoms with Crippen LogP contribution in [0.2, 0.25) is 5.02 Å². The van der Waals surface area contributed by atoms with Gasteiger partial charge in [0.25, 0.3) is 5.91 Å². The summed E-state index contributed by atoms with van der Waals surface area (Å²) in [7, 11) is 1.76. The van der Waals surface area contributed by atoms with Crippen molar-refractivity contribution in [2.24, 2.45) is 7.05 Å². The van der Waals surface area contributed by atoms with E-state index in [-0.39, 0.29) is 5.91 Å². The zero-order valence-corrected chi connectivity index (χ0v) is 13.8. The highest BCUT2D eigenvalue weighted by Gasteiger charge is 2.14. The third-order valence-electron chi connectivity index (χ3n) is 3.02. The molecular formula is C14H15BrClN3O. The maximum absolute atomic E-state index is 12.3. The Labute approximate surface area is 131 Å². The van der Waals surface area contributed by atoms with Crippen LogP contribution in [0.3, 0.4) is 0 Å². The van der Waals surface area contributed by atoms with E-state index in [2.05, 4.69) is 26.3 Å². The molecule has 2 rings (SSSR count). The molecule has 20 heavy (non-hydrogen) atoms. The van der Waals surface area contributed by atoms with Gasteiger partial charge >= 0.3 is 0 Å². The minimum absolute atomic E-state index is 0.208. The number of aromatic nitrogens is 2. The van der Waals surface area contributed by atoms with Gasteiger partial charge in [0.1, 0.15) is 5.69 Å². The van der Waals surface area contributed by atoms with Crippen molar-refractivity contribution >= 4 is 39.1 Å². The van der Waals surface area contributed by atoms with Gasteiger partial charge < -0.3 is 5.32 Å². The molecule has 106 valence electrons. The molecule has 0 aliphatic carbocycles. The van der Waals surface area contributed by atoms with Gasteiger partial charge in [-0.15, -0.1) is 0 Å². The lowest BCUT2D eigenvalue weighted by Gasteiger charge is -2.09. The highest BCUT2D eigenvalue weighted by atomic mass is 79.9. The van der Waals surface area contributed by atoms with Crippen LogP contribution in [0.5, 0.6) is 0 Å². The number of nitrogens with one attached hydrogen (secondary N) is 1. The number of nitrogens with zero attached hydrogens (tertiary/aromatic N) is 2. The quantitative estimate of drug-likeness (QED) is 0.905. The van der Waals surface area contributed by atoms with E-state index in [4.69, 9.17) is 11.6 Å². The van der Waals surface area contributed by atoms with E-state index < -0.39 is 0 Å². The fourth-order valence-corrected chi connectivity index (χ4v) is 2.56. The average molecular weight is 357 g/mol. The zero-order chi connectivity index (χ0) is 14.9. The molecule has 2 aromatic rings. The Morgan fingerprint density at radius 3 is 2.75 bits per heavy atom. The SMILES string of the molecule is CCc1cc(C(=O)Nc2cc(Cl)c(C)cc2Br)n(C)n1. The number of hydrogen-bond acceptors (Lipinski definition) is 2. The van der Waals surface area contributed by atoms with E-state index in [0.29, 0.717) is 16.4 Å². The smallest absolute Gasteiger partial charge is 0.273 e. The number of rotatable bonds is 3. The van der Waals surface area contributed by atoms with Gasteiger partial charge in [-0.25, -0.2) is 0 Å². The van der Waals surface area contributed by atoms with Crippen molar-refractivity contribution in [3.05, 3.63) is 44.6 Å². The first-order chi connectivity index (χ1) is 9.42. The molecule has 0 fully saturated rings. The summed E-state index contributed by atoms with van der Waals surface area (Å²) in [6.07, 6.45) is 0.793. The standard InChI is InChI=1S/C14H15BrClN3O/c1-4-9-6-13(19(3)18-9)14(20)17-12-7-11(16)8(2)5-10(12)15/h5-7H,4H2,1-3H3,(H,17,20). The minimum Gasteiger partial charge on any atom is -0.320 e. The average Bonchev–Trinajstić information content (AvgIpc) is 2.77. The number of anilines is 1. The Bertz CT molecular complexity index is 667. The van der Waals surface area contributed by atoms with Crippen molar-refractivity contribution in [1.29, 1.82) is 0 Å². The van der Waals surface area contributed by atoms with Crippen molar-refractivity contribution in [2.45, 2.75) is 20.3 Å². The number of aryl methyl sites for hydroxylation is 3. The summed E-state index contributed by atoms with van der Waals surface area (Å²) in [5.41, 5.74) is 3.00. The van der Waals surface area contributed by atoms with Crippen LogP contribution in [0.1, 0.15) is 28.7 Å². The van der Waals surface area contributed by atoms with Crippen molar-refractivity contribution < 1.29 is 4.79 Å². The molecule has 1 aromatic carbocycles. The third kappa shape index (κ3) is 3.04. The van der Waals surface area contributed by atoms with Crippen LogP contribution in [0, 0.1) is 6.92 Å². The van der Waals surface area contributed by atoms with E-state index in [1.54, 1.807) is 23.9 Å². The molecule has 0 unspecified atom stereocenters. The molecule has 1 amide bonds. The van der Waals surface area contributed by atoms with Crippen LogP contribution in [-0.4, -0.2) is 15.7 Å². The fourth-order valence-electron chi connectivity index (χ4n) is 1.84. The maximum Gasteiger partial charge on any atom is 0.273 e. The van der Waals surface area contributed by atoms with Crippen molar-refractivity contribution in [2.75, 3.05) is 5.32 Å². The first kappa shape index (κ1) is 15.1. The van der Waals surface area contributed by atoms with Crippen molar-refractivity contribution in [3.8, 4) is 0 Å². The molecule has 4 nitrogen and oxygen atoms in total. The minimum atomic E-state index is -0.208. The van der Waals surface area contributed by atoms with Gasteiger partial charge in [-0.05, 0) is 53.0 Å². The largest absolute Gasteiger partial charge is 0.320 e. The summed E-state index contributed by atoms with van der Waals surface area (Å²) in [6.45, 7) is 3.91. The molecule has 0 spiro atoms. The monoisotopic (exact) mass is 355 g/mol. The van der Waals surface area contributed by atoms with Crippen LogP contribution in [0.15, 0.2) is 22.7 Å². The molecule has 0 aliphatic heterocycles. The van der Waals surface area contributed by atoms with Gasteiger partial charge in [0.05, 0.1) is 11.4 Å². The zero-order valence-electron chi connectivity index (χ0n) is 11.5. The van der Waals surface area contributed by atoms with Gasteiger partial charge in [-0.1, -0.05) is 18.5 Å². The van der Waals surface area contributed by atoms with Gasteiger partial charge in [0, 0.05) is 16.5 Å². The van der Waals surface area contributed by atoms with Gasteiger partial charge in [-0.3, -0.25) is 9.48 Å². The lowest BCUT2D eigenvalue weighted by Crippen LogP contribution is -2.16. The Hall–Kier alpha value is -1.33. The molecule has 0 saturated carbocycles. The summed E-state index contributed by atoms with van der Waals surface area (Å²) in [6, 6.07) is 5.40. The molecule has 6 heteroatoms. The number of benzene rings is 1. The molecular weight excluding hydrogens is 342 g/mol. The van der Waals surface area contributed by atoms with E-state index >= 15 is 0 Å². The predicted octanol–water partition coefficient (Wildman–Crippen LogP) is 3.96. The Kier molecular flexibility index (Phi) is 4.50. The van der Waals surface area contributed by atoms with Gasteiger partial charge in [0.15, 0.2) is 0 Å². The molecule has 1 aromatic heterocycles. The van der Waals surface area contributed by atoms with Crippen LogP contribution in [0.4, 0.5) is 5.69 Å². The summed E-state index contributed by atoms with van der Waals surface area (Å²) in [5.74, 6) is -0.208. The third-order valence-corrected chi connectivity index (χ3v) is 4.09. The Morgan fingerprint density at radius 2 is 2.15 bits per heavy atom. The molecule has 0 aliphatic rings. The summed E-state index contributed by atoms with van der Waals surface area (Å²) in [5, 5.41) is 7.72. The summed E-state index contributed by atoms with van der Waals surface area (Å²) in [4.78, 5) is 12.3. The normalized spacial score (nSPS) is 10.7. The second-order valence-corrected chi connectivity index (χ2v) is 5.79.